The van der Waals surface area contributed by atoms with Gasteiger partial charge in [-0.3, -0.25) is 4.90 Å². The molecule has 3 fully saturated rings. The fourth-order valence-electron chi connectivity index (χ4n) is 3.41. The summed E-state index contributed by atoms with van der Waals surface area (Å²) >= 11 is 0. The molecule has 0 radical (unpaired) electrons. The van der Waals surface area contributed by atoms with E-state index in [-0.39, 0.29) is 0 Å². The van der Waals surface area contributed by atoms with Gasteiger partial charge in [0.2, 0.25) is 0 Å². The van der Waals surface area contributed by atoms with Crippen molar-refractivity contribution in [1.82, 2.24) is 9.80 Å². The molecule has 3 rings (SSSR count). The van der Waals surface area contributed by atoms with Crippen molar-refractivity contribution in [1.29, 1.82) is 0 Å². The maximum Gasteiger partial charge on any atom is 0.0224 e. The lowest BCUT2D eigenvalue weighted by Crippen LogP contribution is -2.50. The van der Waals surface area contributed by atoms with Crippen LogP contribution in [0.2, 0.25) is 0 Å². The lowest BCUT2D eigenvalue weighted by molar-refractivity contribution is 0.0948. The van der Waals surface area contributed by atoms with Gasteiger partial charge in [-0.15, -0.1) is 0 Å². The largest absolute Gasteiger partial charge is 0.301 e. The van der Waals surface area contributed by atoms with Crippen LogP contribution < -0.4 is 0 Å². The van der Waals surface area contributed by atoms with Crippen molar-refractivity contribution in [3.05, 3.63) is 0 Å². The zero-order chi connectivity index (χ0) is 10.1. The minimum absolute atomic E-state index is 0.917. The Morgan fingerprint density at radius 2 is 1.87 bits per heavy atom. The molecule has 3 aliphatic rings. The molecule has 1 aliphatic carbocycles. The molecule has 2 heterocycles. The minimum atomic E-state index is 0.917. The van der Waals surface area contributed by atoms with E-state index in [1.807, 2.05) is 0 Å². The molecular weight excluding hydrogens is 184 g/mol. The van der Waals surface area contributed by atoms with Crippen LogP contribution in [0, 0.1) is 5.92 Å². The van der Waals surface area contributed by atoms with E-state index in [4.69, 9.17) is 0 Å². The highest BCUT2D eigenvalue weighted by molar-refractivity contribution is 4.87. The Balaban J connectivity index is 1.42. The summed E-state index contributed by atoms with van der Waals surface area (Å²) in [6.45, 7) is 6.81. The average molecular weight is 208 g/mol. The number of piperazine rings is 1. The molecule has 0 bridgehead atoms. The van der Waals surface area contributed by atoms with Gasteiger partial charge < -0.3 is 4.90 Å². The Labute approximate surface area is 93.6 Å². The van der Waals surface area contributed by atoms with Gasteiger partial charge in [0, 0.05) is 25.7 Å². The Bertz CT molecular complexity index is 213. The van der Waals surface area contributed by atoms with E-state index in [0.717, 1.165) is 12.0 Å². The second-order valence-electron chi connectivity index (χ2n) is 5.72. The summed E-state index contributed by atoms with van der Waals surface area (Å²) in [5.74, 6) is 1.09. The zero-order valence-corrected chi connectivity index (χ0v) is 9.83. The van der Waals surface area contributed by atoms with Gasteiger partial charge in [0.05, 0.1) is 0 Å². The van der Waals surface area contributed by atoms with Gasteiger partial charge in [0.1, 0.15) is 0 Å². The molecular formula is C13H24N2. The summed E-state index contributed by atoms with van der Waals surface area (Å²) in [6, 6.07) is 0.917. The van der Waals surface area contributed by atoms with Crippen LogP contribution in [-0.2, 0) is 0 Å². The van der Waals surface area contributed by atoms with Gasteiger partial charge in [-0.05, 0) is 38.3 Å². The molecule has 1 unspecified atom stereocenters. The van der Waals surface area contributed by atoms with Crippen LogP contribution in [0.5, 0.6) is 0 Å². The molecule has 1 atom stereocenters. The second kappa shape index (κ2) is 4.42. The van der Waals surface area contributed by atoms with E-state index in [1.54, 1.807) is 0 Å². The van der Waals surface area contributed by atoms with E-state index in [0.29, 0.717) is 0 Å². The first-order valence-electron chi connectivity index (χ1n) is 6.88. The SMILES string of the molecule is C1CC(CCN2CCN3CCCC3C2)C1. The molecule has 2 aliphatic heterocycles. The highest BCUT2D eigenvalue weighted by Crippen LogP contribution is 2.30. The third kappa shape index (κ3) is 2.21. The van der Waals surface area contributed by atoms with E-state index in [9.17, 15) is 0 Å². The Kier molecular flexibility index (Phi) is 2.98. The molecule has 86 valence electrons. The van der Waals surface area contributed by atoms with E-state index >= 15 is 0 Å². The maximum absolute atomic E-state index is 2.73. The molecule has 0 aromatic carbocycles. The van der Waals surface area contributed by atoms with Gasteiger partial charge in [-0.25, -0.2) is 0 Å². The van der Waals surface area contributed by atoms with Gasteiger partial charge >= 0.3 is 0 Å². The molecule has 2 nitrogen and oxygen atoms in total. The third-order valence-corrected chi connectivity index (χ3v) is 4.75. The van der Waals surface area contributed by atoms with Crippen LogP contribution in [0.3, 0.4) is 0 Å². The minimum Gasteiger partial charge on any atom is -0.301 e. The normalized spacial score (nSPS) is 34.0. The fraction of sp³-hybridized carbons (Fsp3) is 1.00. The summed E-state index contributed by atoms with van der Waals surface area (Å²) in [5, 5.41) is 0. The second-order valence-corrected chi connectivity index (χ2v) is 5.72. The molecule has 0 aromatic heterocycles. The number of fused-ring (bicyclic) bond motifs is 1. The van der Waals surface area contributed by atoms with E-state index < -0.39 is 0 Å². The van der Waals surface area contributed by atoms with Crippen LogP contribution in [0.1, 0.15) is 38.5 Å². The number of rotatable bonds is 3. The van der Waals surface area contributed by atoms with Crippen molar-refractivity contribution in [2.75, 3.05) is 32.7 Å². The van der Waals surface area contributed by atoms with Crippen LogP contribution in [-0.4, -0.2) is 48.6 Å². The van der Waals surface area contributed by atoms with Gasteiger partial charge in [0.15, 0.2) is 0 Å². The van der Waals surface area contributed by atoms with Crippen molar-refractivity contribution in [2.45, 2.75) is 44.6 Å². The fourth-order valence-corrected chi connectivity index (χ4v) is 3.41. The topological polar surface area (TPSA) is 6.48 Å². The number of hydrogen-bond donors (Lipinski definition) is 0. The first-order valence-corrected chi connectivity index (χ1v) is 6.88. The van der Waals surface area contributed by atoms with Crippen molar-refractivity contribution in [3.63, 3.8) is 0 Å². The quantitative estimate of drug-likeness (QED) is 0.699. The van der Waals surface area contributed by atoms with Crippen molar-refractivity contribution < 1.29 is 0 Å². The number of hydrogen-bond acceptors (Lipinski definition) is 2. The molecule has 2 heteroatoms. The van der Waals surface area contributed by atoms with E-state index in [2.05, 4.69) is 9.80 Å². The van der Waals surface area contributed by atoms with Crippen molar-refractivity contribution >= 4 is 0 Å². The first kappa shape index (κ1) is 10.1. The lowest BCUT2D eigenvalue weighted by Gasteiger charge is -2.38. The number of nitrogens with zero attached hydrogens (tertiary/aromatic N) is 2. The lowest BCUT2D eigenvalue weighted by atomic mass is 9.83. The summed E-state index contributed by atoms with van der Waals surface area (Å²) in [4.78, 5) is 5.44. The molecule has 1 saturated carbocycles. The van der Waals surface area contributed by atoms with Crippen LogP contribution in [0.15, 0.2) is 0 Å². The van der Waals surface area contributed by atoms with Gasteiger partial charge in [0.25, 0.3) is 0 Å². The van der Waals surface area contributed by atoms with Crippen molar-refractivity contribution in [3.8, 4) is 0 Å². The molecule has 0 N–H and O–H groups in total. The predicted molar refractivity (Wildman–Crippen MR) is 63.0 cm³/mol. The summed E-state index contributed by atoms with van der Waals surface area (Å²) in [5.41, 5.74) is 0. The molecule has 0 amide bonds. The average Bonchev–Trinajstić information content (AvgIpc) is 2.62. The van der Waals surface area contributed by atoms with E-state index in [1.165, 1.54) is 71.2 Å². The van der Waals surface area contributed by atoms with Gasteiger partial charge in [-0.2, -0.15) is 0 Å². The van der Waals surface area contributed by atoms with Crippen LogP contribution in [0.25, 0.3) is 0 Å². The highest BCUT2D eigenvalue weighted by atomic mass is 15.3. The zero-order valence-electron chi connectivity index (χ0n) is 9.83. The maximum atomic E-state index is 2.73. The third-order valence-electron chi connectivity index (χ3n) is 4.75. The molecule has 15 heavy (non-hydrogen) atoms. The Hall–Kier alpha value is -0.0800. The summed E-state index contributed by atoms with van der Waals surface area (Å²) < 4.78 is 0. The highest BCUT2D eigenvalue weighted by Gasteiger charge is 2.30. The monoisotopic (exact) mass is 208 g/mol. The first-order chi connectivity index (χ1) is 7.42. The standard InChI is InChI=1S/C13H24N2/c1-3-12(4-1)6-8-14-9-10-15-7-2-5-13(15)11-14/h12-13H,1-11H2. The van der Waals surface area contributed by atoms with Gasteiger partial charge in [-0.1, -0.05) is 19.3 Å². The summed E-state index contributed by atoms with van der Waals surface area (Å²) in [6.07, 6.45) is 8.92. The van der Waals surface area contributed by atoms with Crippen molar-refractivity contribution in [2.24, 2.45) is 5.92 Å². The Morgan fingerprint density at radius 3 is 2.67 bits per heavy atom. The smallest absolute Gasteiger partial charge is 0.0224 e. The summed E-state index contributed by atoms with van der Waals surface area (Å²) in [7, 11) is 0. The molecule has 0 aromatic rings. The molecule has 0 spiro atoms. The van der Waals surface area contributed by atoms with Crippen LogP contribution >= 0.6 is 0 Å². The predicted octanol–water partition coefficient (Wildman–Crippen LogP) is 1.96. The Morgan fingerprint density at radius 1 is 0.933 bits per heavy atom. The molecule has 2 saturated heterocycles. The van der Waals surface area contributed by atoms with Crippen LogP contribution in [0.4, 0.5) is 0 Å².